The van der Waals surface area contributed by atoms with Gasteiger partial charge in [0.25, 0.3) is 10.0 Å². The Morgan fingerprint density at radius 1 is 1.37 bits per heavy atom. The molecule has 6 nitrogen and oxygen atoms in total. The summed E-state index contributed by atoms with van der Waals surface area (Å²) in [5.41, 5.74) is 5.56. The number of morpholine rings is 1. The number of sulfonamides is 1. The number of hydrogen-bond donors (Lipinski definition) is 2. The van der Waals surface area contributed by atoms with Crippen LogP contribution in [0, 0.1) is 5.82 Å². The maximum Gasteiger partial charge on any atom is 0.256 e. The van der Waals surface area contributed by atoms with E-state index in [2.05, 4.69) is 4.83 Å². The predicted octanol–water partition coefficient (Wildman–Crippen LogP) is 0.587. The molecule has 1 aliphatic rings. The molecular formula is C10H13ClFN3O3S. The smallest absolute Gasteiger partial charge is 0.256 e. The zero-order valence-electron chi connectivity index (χ0n) is 9.90. The highest BCUT2D eigenvalue weighted by atomic mass is 35.5. The van der Waals surface area contributed by atoms with Crippen molar-refractivity contribution in [3.05, 3.63) is 23.0 Å². The number of nitrogens with zero attached hydrogens (tertiary/aromatic N) is 1. The third-order valence-corrected chi connectivity index (χ3v) is 4.22. The molecule has 1 heterocycles. The summed E-state index contributed by atoms with van der Waals surface area (Å²) in [6.07, 6.45) is 0. The topological polar surface area (TPSA) is 84.7 Å². The van der Waals surface area contributed by atoms with Gasteiger partial charge in [0.05, 0.1) is 18.2 Å². The summed E-state index contributed by atoms with van der Waals surface area (Å²) in [4.78, 5) is 1.71. The van der Waals surface area contributed by atoms with Crippen molar-refractivity contribution in [3.8, 4) is 0 Å². The Balaban J connectivity index is 2.28. The summed E-state index contributed by atoms with van der Waals surface area (Å²) in [5.74, 6) is -1.02. The number of nitrogens with one attached hydrogen (secondary N) is 1. The molecule has 9 heteroatoms. The Hall–Kier alpha value is -0.930. The number of hydrogen-bond acceptors (Lipinski definition) is 5. The van der Waals surface area contributed by atoms with E-state index in [1.165, 1.54) is 5.01 Å². The third-order valence-electron chi connectivity index (χ3n) is 2.57. The second kappa shape index (κ2) is 5.59. The van der Waals surface area contributed by atoms with Crippen molar-refractivity contribution >= 4 is 27.3 Å². The number of anilines is 1. The van der Waals surface area contributed by atoms with Crippen molar-refractivity contribution in [1.29, 1.82) is 0 Å². The van der Waals surface area contributed by atoms with E-state index in [4.69, 9.17) is 22.1 Å². The fraction of sp³-hybridized carbons (Fsp3) is 0.400. The van der Waals surface area contributed by atoms with Crippen LogP contribution in [0.15, 0.2) is 17.0 Å². The van der Waals surface area contributed by atoms with E-state index in [1.807, 2.05) is 0 Å². The predicted molar refractivity (Wildman–Crippen MR) is 68.5 cm³/mol. The van der Waals surface area contributed by atoms with Crippen LogP contribution in [0.4, 0.5) is 10.1 Å². The van der Waals surface area contributed by atoms with Gasteiger partial charge in [0.2, 0.25) is 0 Å². The second-order valence-electron chi connectivity index (χ2n) is 4.01. The van der Waals surface area contributed by atoms with Gasteiger partial charge in [-0.15, -0.1) is 4.83 Å². The fourth-order valence-corrected chi connectivity index (χ4v) is 3.19. The first-order valence-electron chi connectivity index (χ1n) is 5.50. The lowest BCUT2D eigenvalue weighted by Crippen LogP contribution is -2.48. The quantitative estimate of drug-likeness (QED) is 0.798. The van der Waals surface area contributed by atoms with Crippen LogP contribution >= 0.6 is 11.6 Å². The number of nitrogen functional groups attached to an aromatic ring is 1. The lowest BCUT2D eigenvalue weighted by Gasteiger charge is -2.26. The molecule has 1 saturated heterocycles. The standard InChI is InChI=1S/C10H13ClFN3O3S/c11-8-5-7(13)6-9(10(8)12)19(16,17)14-15-1-3-18-4-2-15/h5-6,14H,1-4,13H2. The van der Waals surface area contributed by atoms with Gasteiger partial charge in [0.15, 0.2) is 5.82 Å². The van der Waals surface area contributed by atoms with Gasteiger partial charge < -0.3 is 10.5 Å². The van der Waals surface area contributed by atoms with Crippen molar-refractivity contribution in [1.82, 2.24) is 9.84 Å². The van der Waals surface area contributed by atoms with Crippen LogP contribution in [-0.4, -0.2) is 39.7 Å². The number of nitrogens with two attached hydrogens (primary N) is 1. The summed E-state index contributed by atoms with van der Waals surface area (Å²) in [6.45, 7) is 1.58. The molecule has 1 aromatic carbocycles. The van der Waals surface area contributed by atoms with E-state index in [1.54, 1.807) is 0 Å². The zero-order valence-corrected chi connectivity index (χ0v) is 11.5. The van der Waals surface area contributed by atoms with Crippen molar-refractivity contribution in [2.75, 3.05) is 32.0 Å². The molecule has 0 aliphatic carbocycles. The van der Waals surface area contributed by atoms with Gasteiger partial charge in [0.1, 0.15) is 4.90 Å². The van der Waals surface area contributed by atoms with Crippen molar-refractivity contribution in [2.45, 2.75) is 4.90 Å². The molecule has 0 bridgehead atoms. The third kappa shape index (κ3) is 3.34. The first-order valence-corrected chi connectivity index (χ1v) is 7.36. The summed E-state index contributed by atoms with van der Waals surface area (Å²) >= 11 is 5.59. The molecule has 1 aromatic rings. The number of rotatable bonds is 3. The largest absolute Gasteiger partial charge is 0.399 e. The molecule has 106 valence electrons. The van der Waals surface area contributed by atoms with Gasteiger partial charge in [-0.2, -0.15) is 0 Å². The minimum absolute atomic E-state index is 0.0775. The Morgan fingerprint density at radius 3 is 2.63 bits per heavy atom. The maximum atomic E-state index is 13.8. The van der Waals surface area contributed by atoms with Crippen LogP contribution in [0.5, 0.6) is 0 Å². The van der Waals surface area contributed by atoms with Crippen molar-refractivity contribution in [3.63, 3.8) is 0 Å². The molecule has 0 atom stereocenters. The lowest BCUT2D eigenvalue weighted by molar-refractivity contribution is 0.0272. The molecule has 0 spiro atoms. The Kier molecular flexibility index (Phi) is 4.26. The normalized spacial score (nSPS) is 17.6. The molecule has 1 aliphatic heterocycles. The highest BCUT2D eigenvalue weighted by molar-refractivity contribution is 7.89. The summed E-state index contributed by atoms with van der Waals surface area (Å²) in [6, 6.07) is 2.19. The average Bonchev–Trinajstić information content (AvgIpc) is 2.34. The molecule has 0 saturated carbocycles. The van der Waals surface area contributed by atoms with E-state index in [9.17, 15) is 12.8 Å². The minimum Gasteiger partial charge on any atom is -0.399 e. The first kappa shape index (κ1) is 14.5. The molecule has 3 N–H and O–H groups in total. The van der Waals surface area contributed by atoms with Crippen LogP contribution in [0.3, 0.4) is 0 Å². The molecule has 0 amide bonds. The first-order chi connectivity index (χ1) is 8.90. The van der Waals surface area contributed by atoms with E-state index >= 15 is 0 Å². The molecule has 0 aromatic heterocycles. The molecule has 0 unspecified atom stereocenters. The highest BCUT2D eigenvalue weighted by Gasteiger charge is 2.25. The van der Waals surface area contributed by atoms with Crippen molar-refractivity contribution < 1.29 is 17.5 Å². The average molecular weight is 310 g/mol. The molecular weight excluding hydrogens is 297 g/mol. The van der Waals surface area contributed by atoms with Crippen LogP contribution in [-0.2, 0) is 14.8 Å². The Bertz CT molecular complexity index is 576. The van der Waals surface area contributed by atoms with E-state index < -0.39 is 20.7 Å². The van der Waals surface area contributed by atoms with Gasteiger partial charge >= 0.3 is 0 Å². The number of hydrazine groups is 1. The number of halogens is 2. The molecule has 1 fully saturated rings. The monoisotopic (exact) mass is 309 g/mol. The minimum atomic E-state index is -4.05. The van der Waals surface area contributed by atoms with Gasteiger partial charge in [0, 0.05) is 18.8 Å². The lowest BCUT2D eigenvalue weighted by atomic mass is 10.3. The number of ether oxygens (including phenoxy) is 1. The van der Waals surface area contributed by atoms with Gasteiger partial charge in [-0.1, -0.05) is 11.6 Å². The maximum absolute atomic E-state index is 13.8. The van der Waals surface area contributed by atoms with Crippen LogP contribution < -0.4 is 10.6 Å². The highest BCUT2D eigenvalue weighted by Crippen LogP contribution is 2.25. The van der Waals surface area contributed by atoms with E-state index in [-0.39, 0.29) is 10.7 Å². The summed E-state index contributed by atoms with van der Waals surface area (Å²) in [5, 5.41) is 1.11. The summed E-state index contributed by atoms with van der Waals surface area (Å²) < 4.78 is 43.0. The van der Waals surface area contributed by atoms with Crippen LogP contribution in [0.25, 0.3) is 0 Å². The molecule has 19 heavy (non-hydrogen) atoms. The Morgan fingerprint density at radius 2 is 2.00 bits per heavy atom. The summed E-state index contributed by atoms with van der Waals surface area (Å²) in [7, 11) is -4.05. The van der Waals surface area contributed by atoms with Gasteiger partial charge in [-0.05, 0) is 12.1 Å². The van der Waals surface area contributed by atoms with Crippen molar-refractivity contribution in [2.24, 2.45) is 0 Å². The van der Waals surface area contributed by atoms with Crippen LogP contribution in [0.1, 0.15) is 0 Å². The number of benzene rings is 1. The van der Waals surface area contributed by atoms with E-state index in [0.717, 1.165) is 12.1 Å². The van der Waals surface area contributed by atoms with Gasteiger partial charge in [-0.25, -0.2) is 17.8 Å². The van der Waals surface area contributed by atoms with Gasteiger partial charge in [-0.3, -0.25) is 0 Å². The zero-order chi connectivity index (χ0) is 14.0. The van der Waals surface area contributed by atoms with Crippen LogP contribution in [0.2, 0.25) is 5.02 Å². The van der Waals surface area contributed by atoms with E-state index in [0.29, 0.717) is 26.3 Å². The SMILES string of the molecule is Nc1cc(Cl)c(F)c(S(=O)(=O)NN2CCOCC2)c1. The Labute approximate surface area is 115 Å². The fourth-order valence-electron chi connectivity index (χ4n) is 1.65. The second-order valence-corrected chi connectivity index (χ2v) is 6.05. The molecule has 0 radical (unpaired) electrons. The molecule has 2 rings (SSSR count).